The SMILES string of the molecule is O=C1O[C@@H]2CCC[C@H]2[C@H]2COCCN12. The fourth-order valence-electron chi connectivity index (χ4n) is 2.94. The lowest BCUT2D eigenvalue weighted by molar-refractivity contribution is -0.0877. The van der Waals surface area contributed by atoms with Gasteiger partial charge in [0.25, 0.3) is 0 Å². The molecule has 0 aromatic heterocycles. The van der Waals surface area contributed by atoms with E-state index in [0.717, 1.165) is 6.42 Å². The lowest BCUT2D eigenvalue weighted by Gasteiger charge is -2.44. The van der Waals surface area contributed by atoms with Gasteiger partial charge in [0.05, 0.1) is 19.3 Å². The maximum Gasteiger partial charge on any atom is 0.410 e. The number of hydrogen-bond acceptors (Lipinski definition) is 3. The largest absolute Gasteiger partial charge is 0.446 e. The van der Waals surface area contributed by atoms with Crippen LogP contribution in [0.1, 0.15) is 19.3 Å². The first-order chi connectivity index (χ1) is 6.86. The Kier molecular flexibility index (Phi) is 1.90. The molecule has 0 radical (unpaired) electrons. The van der Waals surface area contributed by atoms with Gasteiger partial charge in [0.1, 0.15) is 6.10 Å². The normalized spacial score (nSPS) is 41.6. The van der Waals surface area contributed by atoms with Crippen molar-refractivity contribution in [1.82, 2.24) is 4.90 Å². The van der Waals surface area contributed by atoms with E-state index >= 15 is 0 Å². The van der Waals surface area contributed by atoms with Crippen molar-refractivity contribution in [3.8, 4) is 0 Å². The highest BCUT2D eigenvalue weighted by molar-refractivity contribution is 5.69. The molecule has 3 rings (SSSR count). The van der Waals surface area contributed by atoms with Crippen LogP contribution >= 0.6 is 0 Å². The van der Waals surface area contributed by atoms with Crippen molar-refractivity contribution < 1.29 is 14.3 Å². The minimum atomic E-state index is -0.124. The van der Waals surface area contributed by atoms with Crippen LogP contribution in [0.3, 0.4) is 0 Å². The second kappa shape index (κ2) is 3.12. The van der Waals surface area contributed by atoms with Crippen LogP contribution < -0.4 is 0 Å². The molecule has 1 saturated carbocycles. The van der Waals surface area contributed by atoms with Crippen molar-refractivity contribution in [1.29, 1.82) is 0 Å². The van der Waals surface area contributed by atoms with Crippen LogP contribution in [0.5, 0.6) is 0 Å². The molecule has 0 aromatic rings. The number of carbonyl (C=O) groups excluding carboxylic acids is 1. The lowest BCUT2D eigenvalue weighted by Crippen LogP contribution is -2.58. The van der Waals surface area contributed by atoms with Crippen LogP contribution in [0.15, 0.2) is 0 Å². The predicted octanol–water partition coefficient (Wildman–Crippen LogP) is 1.01. The van der Waals surface area contributed by atoms with Gasteiger partial charge < -0.3 is 14.4 Å². The van der Waals surface area contributed by atoms with E-state index < -0.39 is 0 Å². The van der Waals surface area contributed by atoms with Gasteiger partial charge in [0.15, 0.2) is 0 Å². The molecule has 1 aliphatic carbocycles. The molecule has 0 spiro atoms. The highest BCUT2D eigenvalue weighted by Crippen LogP contribution is 2.38. The molecule has 3 fully saturated rings. The number of hydrogen-bond donors (Lipinski definition) is 0. The quantitative estimate of drug-likeness (QED) is 0.581. The maximum absolute atomic E-state index is 11.6. The van der Waals surface area contributed by atoms with Gasteiger partial charge in [-0.3, -0.25) is 0 Å². The highest BCUT2D eigenvalue weighted by atomic mass is 16.6. The standard InChI is InChI=1S/C10H15NO3/c12-10-11-4-5-13-6-8(11)7-2-1-3-9(7)14-10/h7-9H,1-6H2/t7-,8+,9+/m0/s1. The summed E-state index contributed by atoms with van der Waals surface area (Å²) in [6, 6.07) is 0.289. The topological polar surface area (TPSA) is 38.8 Å². The number of ether oxygens (including phenoxy) is 2. The van der Waals surface area contributed by atoms with Crippen LogP contribution in [0.2, 0.25) is 0 Å². The van der Waals surface area contributed by atoms with Gasteiger partial charge in [0.2, 0.25) is 0 Å². The van der Waals surface area contributed by atoms with E-state index in [1.165, 1.54) is 12.8 Å². The molecule has 0 bridgehead atoms. The van der Waals surface area contributed by atoms with E-state index in [1.807, 2.05) is 4.90 Å². The van der Waals surface area contributed by atoms with E-state index in [4.69, 9.17) is 9.47 Å². The summed E-state index contributed by atoms with van der Waals surface area (Å²) < 4.78 is 10.9. The molecule has 0 aromatic carbocycles. The molecule has 2 heterocycles. The Bertz CT molecular complexity index is 256. The third-order valence-electron chi connectivity index (χ3n) is 3.65. The van der Waals surface area contributed by atoms with Gasteiger partial charge >= 0.3 is 6.09 Å². The first-order valence-electron chi connectivity index (χ1n) is 5.41. The summed E-state index contributed by atoms with van der Waals surface area (Å²) in [7, 11) is 0. The van der Waals surface area contributed by atoms with E-state index in [-0.39, 0.29) is 18.2 Å². The van der Waals surface area contributed by atoms with Gasteiger partial charge in [0, 0.05) is 12.5 Å². The molecule has 4 nitrogen and oxygen atoms in total. The first-order valence-corrected chi connectivity index (χ1v) is 5.41. The number of morpholine rings is 1. The second-order valence-corrected chi connectivity index (χ2v) is 4.35. The second-order valence-electron chi connectivity index (χ2n) is 4.35. The maximum atomic E-state index is 11.6. The Morgan fingerprint density at radius 2 is 2.29 bits per heavy atom. The molecule has 0 N–H and O–H groups in total. The fraction of sp³-hybridized carbons (Fsp3) is 0.900. The third kappa shape index (κ3) is 1.13. The average Bonchev–Trinajstić information content (AvgIpc) is 2.66. The minimum Gasteiger partial charge on any atom is -0.446 e. The summed E-state index contributed by atoms with van der Waals surface area (Å²) in [6.45, 7) is 2.06. The van der Waals surface area contributed by atoms with Crippen molar-refractivity contribution in [2.75, 3.05) is 19.8 Å². The van der Waals surface area contributed by atoms with Crippen molar-refractivity contribution in [3.05, 3.63) is 0 Å². The van der Waals surface area contributed by atoms with Crippen LogP contribution in [0, 0.1) is 5.92 Å². The zero-order valence-corrected chi connectivity index (χ0v) is 8.15. The van der Waals surface area contributed by atoms with E-state index in [9.17, 15) is 4.79 Å². The predicted molar refractivity (Wildman–Crippen MR) is 48.9 cm³/mol. The van der Waals surface area contributed by atoms with E-state index in [2.05, 4.69) is 0 Å². The summed E-state index contributed by atoms with van der Waals surface area (Å²) in [5, 5.41) is 0. The fourth-order valence-corrected chi connectivity index (χ4v) is 2.94. The van der Waals surface area contributed by atoms with Gasteiger partial charge in [-0.25, -0.2) is 4.79 Å². The molecule has 0 unspecified atom stereocenters. The van der Waals surface area contributed by atoms with Crippen LogP contribution in [-0.2, 0) is 9.47 Å². The van der Waals surface area contributed by atoms with Crippen molar-refractivity contribution in [2.45, 2.75) is 31.4 Å². The summed E-state index contributed by atoms with van der Waals surface area (Å²) >= 11 is 0. The number of amides is 1. The summed E-state index contributed by atoms with van der Waals surface area (Å²) in [5.41, 5.74) is 0. The molecule has 3 aliphatic rings. The Hall–Kier alpha value is -0.770. The van der Waals surface area contributed by atoms with E-state index in [1.54, 1.807) is 0 Å². The number of fused-ring (bicyclic) bond motifs is 3. The zero-order chi connectivity index (χ0) is 9.54. The molecule has 1 amide bonds. The summed E-state index contributed by atoms with van der Waals surface area (Å²) in [5.74, 6) is 0.521. The number of carbonyl (C=O) groups is 1. The van der Waals surface area contributed by atoms with Crippen LogP contribution in [0.25, 0.3) is 0 Å². The molecule has 2 saturated heterocycles. The molecular formula is C10H15NO3. The molecule has 3 atom stereocenters. The molecular weight excluding hydrogens is 182 g/mol. The smallest absolute Gasteiger partial charge is 0.410 e. The monoisotopic (exact) mass is 197 g/mol. The third-order valence-corrected chi connectivity index (χ3v) is 3.65. The first kappa shape index (κ1) is 8.53. The molecule has 2 aliphatic heterocycles. The van der Waals surface area contributed by atoms with Crippen molar-refractivity contribution >= 4 is 6.09 Å². The lowest BCUT2D eigenvalue weighted by atomic mass is 9.93. The van der Waals surface area contributed by atoms with Crippen LogP contribution in [-0.4, -0.2) is 42.9 Å². The van der Waals surface area contributed by atoms with Crippen molar-refractivity contribution in [3.63, 3.8) is 0 Å². The van der Waals surface area contributed by atoms with Crippen molar-refractivity contribution in [2.24, 2.45) is 5.92 Å². The zero-order valence-electron chi connectivity index (χ0n) is 8.15. The Morgan fingerprint density at radius 3 is 3.21 bits per heavy atom. The molecule has 14 heavy (non-hydrogen) atoms. The molecule has 78 valence electrons. The summed E-state index contributed by atoms with van der Waals surface area (Å²) in [6.07, 6.45) is 3.46. The highest BCUT2D eigenvalue weighted by Gasteiger charge is 2.46. The van der Waals surface area contributed by atoms with E-state index in [0.29, 0.717) is 25.7 Å². The minimum absolute atomic E-state index is 0.124. The molecule has 4 heteroatoms. The Morgan fingerprint density at radius 1 is 1.36 bits per heavy atom. The number of nitrogens with zero attached hydrogens (tertiary/aromatic N) is 1. The van der Waals surface area contributed by atoms with Gasteiger partial charge in [-0.2, -0.15) is 0 Å². The average molecular weight is 197 g/mol. The number of rotatable bonds is 0. The van der Waals surface area contributed by atoms with Gasteiger partial charge in [-0.05, 0) is 19.3 Å². The summed E-state index contributed by atoms with van der Waals surface area (Å²) in [4.78, 5) is 13.5. The Balaban J connectivity index is 1.85. The van der Waals surface area contributed by atoms with Crippen LogP contribution in [0.4, 0.5) is 4.79 Å². The Labute approximate surface area is 83.2 Å². The van der Waals surface area contributed by atoms with Gasteiger partial charge in [-0.15, -0.1) is 0 Å². The van der Waals surface area contributed by atoms with Gasteiger partial charge in [-0.1, -0.05) is 0 Å².